The molecule has 0 saturated carbocycles. The van der Waals surface area contributed by atoms with Gasteiger partial charge in [0, 0.05) is 5.56 Å². The normalized spacial score (nSPS) is 10.3. The van der Waals surface area contributed by atoms with Crippen molar-refractivity contribution < 1.29 is 18.7 Å². The van der Waals surface area contributed by atoms with Crippen molar-refractivity contribution in [2.24, 2.45) is 0 Å². The lowest BCUT2D eigenvalue weighted by Gasteiger charge is -2.11. The van der Waals surface area contributed by atoms with Crippen LogP contribution in [0.15, 0.2) is 34.9 Å². The molecule has 0 unspecified atom stereocenters. The van der Waals surface area contributed by atoms with Gasteiger partial charge in [-0.05, 0) is 45.0 Å². The Labute approximate surface area is 118 Å². The lowest BCUT2D eigenvalue weighted by Crippen LogP contribution is -2.04. The molecule has 0 saturated heterocycles. The maximum absolute atomic E-state index is 12.4. The lowest BCUT2D eigenvalue weighted by atomic mass is 10.0. The van der Waals surface area contributed by atoms with Gasteiger partial charge in [-0.1, -0.05) is 0 Å². The van der Waals surface area contributed by atoms with E-state index in [1.165, 1.54) is 6.26 Å². The van der Waals surface area contributed by atoms with Crippen LogP contribution in [0.4, 0.5) is 0 Å². The average molecular weight is 274 g/mol. The highest BCUT2D eigenvalue weighted by Gasteiger charge is 2.16. The fourth-order valence-corrected chi connectivity index (χ4v) is 1.97. The maximum Gasteiger partial charge on any atom is 0.196 e. The lowest BCUT2D eigenvalue weighted by molar-refractivity contribution is 0.103. The third kappa shape index (κ3) is 2.85. The quantitative estimate of drug-likeness (QED) is 0.755. The maximum atomic E-state index is 12.4. The van der Waals surface area contributed by atoms with Gasteiger partial charge in [0.2, 0.25) is 0 Å². The van der Waals surface area contributed by atoms with E-state index in [4.69, 9.17) is 13.9 Å². The fourth-order valence-electron chi connectivity index (χ4n) is 1.97. The van der Waals surface area contributed by atoms with Crippen LogP contribution in [-0.2, 0) is 0 Å². The van der Waals surface area contributed by atoms with Crippen molar-refractivity contribution in [3.63, 3.8) is 0 Å². The predicted molar refractivity (Wildman–Crippen MR) is 75.7 cm³/mol. The van der Waals surface area contributed by atoms with Crippen molar-refractivity contribution in [2.75, 3.05) is 13.2 Å². The van der Waals surface area contributed by atoms with Crippen molar-refractivity contribution in [3.8, 4) is 11.5 Å². The van der Waals surface area contributed by atoms with E-state index < -0.39 is 0 Å². The van der Waals surface area contributed by atoms with Crippen LogP contribution in [0.1, 0.15) is 35.5 Å². The highest BCUT2D eigenvalue weighted by molar-refractivity contribution is 6.09. The Morgan fingerprint density at radius 2 is 1.80 bits per heavy atom. The molecule has 0 amide bonds. The van der Waals surface area contributed by atoms with Gasteiger partial charge in [-0.15, -0.1) is 0 Å². The van der Waals surface area contributed by atoms with Gasteiger partial charge in [0.15, 0.2) is 17.3 Å². The van der Waals surface area contributed by atoms with Crippen LogP contribution in [0.3, 0.4) is 0 Å². The second-order valence-electron chi connectivity index (χ2n) is 4.25. The molecular weight excluding hydrogens is 256 g/mol. The molecular formula is C16H18O4. The number of carbonyl (C=O) groups excluding carboxylic acids is 1. The van der Waals surface area contributed by atoms with Crippen LogP contribution in [0.2, 0.25) is 0 Å². The third-order valence-corrected chi connectivity index (χ3v) is 2.91. The minimum Gasteiger partial charge on any atom is -0.490 e. The fraction of sp³-hybridized carbons (Fsp3) is 0.312. The zero-order valence-electron chi connectivity index (χ0n) is 11.9. The van der Waals surface area contributed by atoms with Gasteiger partial charge in [-0.3, -0.25) is 4.79 Å². The summed E-state index contributed by atoms with van der Waals surface area (Å²) in [6, 6.07) is 6.89. The Bertz CT molecular complexity index is 598. The molecule has 0 aliphatic carbocycles. The number of furan rings is 1. The minimum atomic E-state index is -0.0831. The van der Waals surface area contributed by atoms with Gasteiger partial charge in [-0.2, -0.15) is 0 Å². The summed E-state index contributed by atoms with van der Waals surface area (Å²) < 4.78 is 16.2. The Morgan fingerprint density at radius 3 is 2.40 bits per heavy atom. The first-order chi connectivity index (χ1) is 9.67. The first-order valence-electron chi connectivity index (χ1n) is 6.65. The number of ether oxygens (including phenoxy) is 2. The van der Waals surface area contributed by atoms with Gasteiger partial charge in [0.05, 0.1) is 25.0 Å². The van der Waals surface area contributed by atoms with Crippen LogP contribution in [0, 0.1) is 6.92 Å². The van der Waals surface area contributed by atoms with E-state index in [0.717, 1.165) is 0 Å². The smallest absolute Gasteiger partial charge is 0.196 e. The van der Waals surface area contributed by atoms with E-state index in [1.54, 1.807) is 31.2 Å². The summed E-state index contributed by atoms with van der Waals surface area (Å²) >= 11 is 0. The van der Waals surface area contributed by atoms with Gasteiger partial charge in [0.25, 0.3) is 0 Å². The van der Waals surface area contributed by atoms with E-state index in [1.807, 2.05) is 13.8 Å². The molecule has 0 aliphatic rings. The molecule has 0 N–H and O–H groups in total. The molecule has 0 bridgehead atoms. The van der Waals surface area contributed by atoms with Crippen molar-refractivity contribution >= 4 is 5.78 Å². The van der Waals surface area contributed by atoms with Gasteiger partial charge in [0.1, 0.15) is 5.76 Å². The largest absolute Gasteiger partial charge is 0.490 e. The van der Waals surface area contributed by atoms with Crippen LogP contribution in [-0.4, -0.2) is 19.0 Å². The molecule has 0 fully saturated rings. The Kier molecular flexibility index (Phi) is 4.45. The summed E-state index contributed by atoms with van der Waals surface area (Å²) in [6.45, 7) is 6.63. The molecule has 0 radical (unpaired) electrons. The molecule has 0 aliphatic heterocycles. The van der Waals surface area contributed by atoms with Crippen LogP contribution < -0.4 is 9.47 Å². The van der Waals surface area contributed by atoms with E-state index >= 15 is 0 Å². The van der Waals surface area contributed by atoms with Crippen molar-refractivity contribution in [2.45, 2.75) is 20.8 Å². The molecule has 1 heterocycles. The Balaban J connectivity index is 2.35. The SMILES string of the molecule is CCOc1ccc(C(=O)c2ccoc2C)cc1OCC. The topological polar surface area (TPSA) is 48.7 Å². The molecule has 2 rings (SSSR count). The second kappa shape index (κ2) is 6.28. The van der Waals surface area contributed by atoms with Gasteiger partial charge < -0.3 is 13.9 Å². The number of aryl methyl sites for hydroxylation is 1. The number of carbonyl (C=O) groups is 1. The number of hydrogen-bond acceptors (Lipinski definition) is 4. The van der Waals surface area contributed by atoms with Crippen LogP contribution in [0.5, 0.6) is 11.5 Å². The van der Waals surface area contributed by atoms with E-state index in [-0.39, 0.29) is 5.78 Å². The van der Waals surface area contributed by atoms with Gasteiger partial charge in [-0.25, -0.2) is 0 Å². The van der Waals surface area contributed by atoms with Crippen molar-refractivity contribution in [1.82, 2.24) is 0 Å². The molecule has 2 aromatic rings. The highest BCUT2D eigenvalue weighted by atomic mass is 16.5. The number of hydrogen-bond donors (Lipinski definition) is 0. The molecule has 106 valence electrons. The molecule has 1 aromatic heterocycles. The molecule has 0 atom stereocenters. The summed E-state index contributed by atoms with van der Waals surface area (Å²) in [4.78, 5) is 12.4. The first kappa shape index (κ1) is 14.2. The first-order valence-corrected chi connectivity index (χ1v) is 6.65. The minimum absolute atomic E-state index is 0.0831. The summed E-state index contributed by atoms with van der Waals surface area (Å²) in [7, 11) is 0. The Hall–Kier alpha value is -2.23. The number of benzene rings is 1. The summed E-state index contributed by atoms with van der Waals surface area (Å²) in [5.41, 5.74) is 1.12. The van der Waals surface area contributed by atoms with Crippen LogP contribution in [0.25, 0.3) is 0 Å². The number of rotatable bonds is 6. The molecule has 20 heavy (non-hydrogen) atoms. The van der Waals surface area contributed by atoms with Crippen molar-refractivity contribution in [1.29, 1.82) is 0 Å². The zero-order valence-corrected chi connectivity index (χ0v) is 11.9. The predicted octanol–water partition coefficient (Wildman–Crippen LogP) is 3.62. The summed E-state index contributed by atoms with van der Waals surface area (Å²) in [6.07, 6.45) is 1.51. The van der Waals surface area contributed by atoms with E-state index in [2.05, 4.69) is 0 Å². The molecule has 0 spiro atoms. The van der Waals surface area contributed by atoms with Crippen LogP contribution >= 0.6 is 0 Å². The standard InChI is InChI=1S/C16H18O4/c1-4-18-14-7-6-12(10-15(14)19-5-2)16(17)13-8-9-20-11(13)3/h6-10H,4-5H2,1-3H3. The van der Waals surface area contributed by atoms with Gasteiger partial charge >= 0.3 is 0 Å². The second-order valence-corrected chi connectivity index (χ2v) is 4.25. The Morgan fingerprint density at radius 1 is 1.10 bits per heavy atom. The van der Waals surface area contributed by atoms with E-state index in [9.17, 15) is 4.79 Å². The average Bonchev–Trinajstić information content (AvgIpc) is 2.86. The molecule has 4 nitrogen and oxygen atoms in total. The highest BCUT2D eigenvalue weighted by Crippen LogP contribution is 2.29. The van der Waals surface area contributed by atoms with E-state index in [0.29, 0.717) is 41.6 Å². The molecule has 1 aromatic carbocycles. The third-order valence-electron chi connectivity index (χ3n) is 2.91. The summed E-state index contributed by atoms with van der Waals surface area (Å²) in [5, 5.41) is 0. The number of ketones is 1. The van der Waals surface area contributed by atoms with Crippen molar-refractivity contribution in [3.05, 3.63) is 47.4 Å². The molecule has 4 heteroatoms. The zero-order chi connectivity index (χ0) is 14.5. The summed E-state index contributed by atoms with van der Waals surface area (Å²) in [5.74, 6) is 1.76. The monoisotopic (exact) mass is 274 g/mol.